The number of nitrogens with zero attached hydrogens (tertiary/aromatic N) is 4. The van der Waals surface area contributed by atoms with Crippen molar-refractivity contribution in [2.24, 2.45) is 4.99 Å². The highest BCUT2D eigenvalue weighted by Gasteiger charge is 2.11. The predicted molar refractivity (Wildman–Crippen MR) is 66.3 cm³/mol. The van der Waals surface area contributed by atoms with Crippen molar-refractivity contribution in [1.82, 2.24) is 19.9 Å². The molecule has 2 aromatic rings. The Hall–Kier alpha value is -1.98. The summed E-state index contributed by atoms with van der Waals surface area (Å²) in [6, 6.07) is 0.354. The summed E-state index contributed by atoms with van der Waals surface area (Å²) in [7, 11) is 0. The quantitative estimate of drug-likeness (QED) is 0.835. The number of rotatable bonds is 3. The fourth-order valence-electron chi connectivity index (χ4n) is 2.01. The van der Waals surface area contributed by atoms with E-state index in [1.807, 2.05) is 6.21 Å². The highest BCUT2D eigenvalue weighted by Crippen LogP contribution is 2.16. The molecule has 0 amide bonds. The van der Waals surface area contributed by atoms with E-state index in [0.717, 1.165) is 36.4 Å². The van der Waals surface area contributed by atoms with Crippen LogP contribution in [0.4, 0.5) is 5.82 Å². The average Bonchev–Trinajstić information content (AvgIpc) is 2.86. The van der Waals surface area contributed by atoms with Gasteiger partial charge in [-0.15, -0.1) is 0 Å². The maximum atomic E-state index is 4.45. The zero-order valence-corrected chi connectivity index (χ0v) is 9.43. The summed E-state index contributed by atoms with van der Waals surface area (Å²) >= 11 is 0. The van der Waals surface area contributed by atoms with E-state index in [1.165, 1.54) is 12.7 Å². The summed E-state index contributed by atoms with van der Waals surface area (Å²) < 4.78 is 0. The first-order chi connectivity index (χ1) is 8.43. The zero-order chi connectivity index (χ0) is 11.5. The van der Waals surface area contributed by atoms with E-state index in [-0.39, 0.29) is 0 Å². The molecule has 17 heavy (non-hydrogen) atoms. The SMILES string of the molecule is C1=NC(CNc2ncnc3[nH]cnc23)CCC1. The van der Waals surface area contributed by atoms with E-state index in [4.69, 9.17) is 0 Å². The molecule has 2 aromatic heterocycles. The molecule has 0 bridgehead atoms. The number of fused-ring (bicyclic) bond motifs is 1. The van der Waals surface area contributed by atoms with Crippen molar-refractivity contribution in [3.63, 3.8) is 0 Å². The van der Waals surface area contributed by atoms with Crippen molar-refractivity contribution in [3.05, 3.63) is 12.7 Å². The number of hydrogen-bond donors (Lipinski definition) is 2. The van der Waals surface area contributed by atoms with E-state index in [0.29, 0.717) is 6.04 Å². The molecule has 3 heterocycles. The molecule has 88 valence electrons. The van der Waals surface area contributed by atoms with Gasteiger partial charge in [0.2, 0.25) is 0 Å². The molecule has 2 N–H and O–H groups in total. The monoisotopic (exact) mass is 230 g/mol. The van der Waals surface area contributed by atoms with Crippen molar-refractivity contribution in [2.75, 3.05) is 11.9 Å². The molecule has 0 spiro atoms. The van der Waals surface area contributed by atoms with Crippen molar-refractivity contribution >= 4 is 23.2 Å². The largest absolute Gasteiger partial charge is 0.366 e. The van der Waals surface area contributed by atoms with Crippen LogP contribution < -0.4 is 5.32 Å². The summed E-state index contributed by atoms with van der Waals surface area (Å²) in [5.41, 5.74) is 1.54. The maximum Gasteiger partial charge on any atom is 0.162 e. The van der Waals surface area contributed by atoms with Gasteiger partial charge in [0.15, 0.2) is 11.5 Å². The van der Waals surface area contributed by atoms with E-state index in [2.05, 4.69) is 30.2 Å². The maximum absolute atomic E-state index is 4.45. The molecule has 1 aliphatic rings. The summed E-state index contributed by atoms with van der Waals surface area (Å²) in [6.07, 6.45) is 8.64. The number of aromatic amines is 1. The lowest BCUT2D eigenvalue weighted by atomic mass is 10.1. The third kappa shape index (κ3) is 2.11. The molecule has 3 rings (SSSR count). The lowest BCUT2D eigenvalue weighted by Gasteiger charge is -2.16. The molecule has 6 heteroatoms. The number of nitrogens with one attached hydrogen (secondary N) is 2. The Morgan fingerprint density at radius 3 is 3.24 bits per heavy atom. The van der Waals surface area contributed by atoms with Gasteiger partial charge in [-0.2, -0.15) is 0 Å². The van der Waals surface area contributed by atoms with Gasteiger partial charge >= 0.3 is 0 Å². The van der Waals surface area contributed by atoms with Crippen LogP contribution in [0.15, 0.2) is 17.6 Å². The second-order valence-electron chi connectivity index (χ2n) is 4.12. The molecular formula is C11H14N6. The van der Waals surface area contributed by atoms with E-state index >= 15 is 0 Å². The Morgan fingerprint density at radius 2 is 2.35 bits per heavy atom. The molecule has 0 aliphatic carbocycles. The van der Waals surface area contributed by atoms with Gasteiger partial charge in [0.25, 0.3) is 0 Å². The molecule has 0 fully saturated rings. The number of anilines is 1. The Labute approximate surface area is 98.6 Å². The normalized spacial score (nSPS) is 19.6. The molecule has 1 aliphatic heterocycles. The molecule has 0 saturated heterocycles. The molecule has 0 radical (unpaired) electrons. The first-order valence-corrected chi connectivity index (χ1v) is 5.83. The van der Waals surface area contributed by atoms with Gasteiger partial charge in [0.1, 0.15) is 11.8 Å². The van der Waals surface area contributed by atoms with E-state index < -0.39 is 0 Å². The standard InChI is InChI=1S/C11H14N6/c1-2-4-12-8(3-1)5-13-10-9-11(15-6-14-9)17-7-16-10/h4,6-8H,1-3,5H2,(H2,13,14,15,16,17). The van der Waals surface area contributed by atoms with Crippen molar-refractivity contribution in [2.45, 2.75) is 25.3 Å². The fourth-order valence-corrected chi connectivity index (χ4v) is 2.01. The van der Waals surface area contributed by atoms with Crippen LogP contribution in [0.5, 0.6) is 0 Å². The number of imidazole rings is 1. The van der Waals surface area contributed by atoms with Crippen molar-refractivity contribution in [1.29, 1.82) is 0 Å². The third-order valence-corrected chi connectivity index (χ3v) is 2.91. The topological polar surface area (TPSA) is 78.9 Å². The third-order valence-electron chi connectivity index (χ3n) is 2.91. The summed E-state index contributed by atoms with van der Waals surface area (Å²) in [4.78, 5) is 19.9. The van der Waals surface area contributed by atoms with Gasteiger partial charge in [0.05, 0.1) is 12.4 Å². The van der Waals surface area contributed by atoms with Crippen LogP contribution in [0.25, 0.3) is 11.2 Å². The molecule has 0 saturated carbocycles. The lowest BCUT2D eigenvalue weighted by Crippen LogP contribution is -2.21. The van der Waals surface area contributed by atoms with Gasteiger partial charge in [-0.1, -0.05) is 0 Å². The summed E-state index contributed by atoms with van der Waals surface area (Å²) in [6.45, 7) is 0.801. The number of hydrogen-bond acceptors (Lipinski definition) is 5. The van der Waals surface area contributed by atoms with Gasteiger partial charge < -0.3 is 10.3 Å². The Bertz CT molecular complexity index is 531. The molecule has 6 nitrogen and oxygen atoms in total. The second-order valence-corrected chi connectivity index (χ2v) is 4.12. The number of H-pyrrole nitrogens is 1. The van der Waals surface area contributed by atoms with Gasteiger partial charge in [-0.3, -0.25) is 4.99 Å². The number of aliphatic imine (C=N–C) groups is 1. The Morgan fingerprint density at radius 1 is 1.35 bits per heavy atom. The molecule has 0 aromatic carbocycles. The summed E-state index contributed by atoms with van der Waals surface area (Å²) in [5.74, 6) is 0.775. The average molecular weight is 230 g/mol. The van der Waals surface area contributed by atoms with Gasteiger partial charge in [-0.25, -0.2) is 15.0 Å². The highest BCUT2D eigenvalue weighted by atomic mass is 15.1. The first kappa shape index (κ1) is 10.2. The molecular weight excluding hydrogens is 216 g/mol. The summed E-state index contributed by atoms with van der Waals surface area (Å²) in [5, 5.41) is 3.30. The smallest absolute Gasteiger partial charge is 0.162 e. The van der Waals surface area contributed by atoms with Crippen LogP contribution >= 0.6 is 0 Å². The van der Waals surface area contributed by atoms with E-state index in [1.54, 1.807) is 6.33 Å². The molecule has 1 atom stereocenters. The van der Waals surface area contributed by atoms with Crippen LogP contribution in [0.2, 0.25) is 0 Å². The van der Waals surface area contributed by atoms with Crippen molar-refractivity contribution in [3.8, 4) is 0 Å². The van der Waals surface area contributed by atoms with Crippen LogP contribution in [-0.2, 0) is 0 Å². The minimum atomic E-state index is 0.354. The molecule has 1 unspecified atom stereocenters. The van der Waals surface area contributed by atoms with Gasteiger partial charge in [0, 0.05) is 6.54 Å². The van der Waals surface area contributed by atoms with E-state index in [9.17, 15) is 0 Å². The first-order valence-electron chi connectivity index (χ1n) is 5.83. The Kier molecular flexibility index (Phi) is 2.69. The Balaban J connectivity index is 1.74. The van der Waals surface area contributed by atoms with Crippen LogP contribution in [0, 0.1) is 0 Å². The van der Waals surface area contributed by atoms with Crippen LogP contribution in [0.1, 0.15) is 19.3 Å². The predicted octanol–water partition coefficient (Wildman–Crippen LogP) is 1.39. The lowest BCUT2D eigenvalue weighted by molar-refractivity contribution is 0.595. The van der Waals surface area contributed by atoms with Crippen LogP contribution in [-0.4, -0.2) is 38.7 Å². The highest BCUT2D eigenvalue weighted by molar-refractivity contribution is 5.81. The fraction of sp³-hybridized carbons (Fsp3) is 0.455. The second kappa shape index (κ2) is 4.48. The van der Waals surface area contributed by atoms with Gasteiger partial charge in [-0.05, 0) is 25.5 Å². The number of aromatic nitrogens is 4. The minimum absolute atomic E-state index is 0.354. The minimum Gasteiger partial charge on any atom is -0.366 e. The zero-order valence-electron chi connectivity index (χ0n) is 9.43. The van der Waals surface area contributed by atoms with Crippen molar-refractivity contribution < 1.29 is 0 Å². The van der Waals surface area contributed by atoms with Crippen LogP contribution in [0.3, 0.4) is 0 Å².